The Morgan fingerprint density at radius 1 is 1.23 bits per heavy atom. The number of aliphatic hydroxyl groups is 1. The molecule has 2 bridgehead atoms. The molecule has 3 saturated heterocycles. The number of nitrogen functional groups attached to an aromatic ring is 1. The van der Waals surface area contributed by atoms with Gasteiger partial charge in [0.1, 0.15) is 6.33 Å². The van der Waals surface area contributed by atoms with E-state index in [-0.39, 0.29) is 23.8 Å². The third-order valence-corrected chi connectivity index (χ3v) is 8.19. The number of β-amino-alcohol motifs (C(OH)–C–C–N with tert-alkyl or cyclic N) is 1. The predicted molar refractivity (Wildman–Crippen MR) is 120 cm³/mol. The second-order valence-corrected chi connectivity index (χ2v) is 11.1. The number of hydrogen-bond donors (Lipinski definition) is 2. The first-order chi connectivity index (χ1) is 16.5. The standard InChI is InChI=1S/C24H29F3N6O2/c1-22(2,34)11-32-10-16-19(14-7-17(20(28)30-8-14)35-24(25,26)27)23(16,18-3-4-29-12-31-18)21(32)33-9-13-5-15(33)6-13/h3-4,7-8,12-13,15-16,19,21,34H,5-6,9-11H2,1-2H3,(H2,28,30)/t13?,15?,16-,19?,21?,23-/m0/s1. The summed E-state index contributed by atoms with van der Waals surface area (Å²) in [5.41, 5.74) is 5.89. The van der Waals surface area contributed by atoms with E-state index in [1.165, 1.54) is 12.4 Å². The smallest absolute Gasteiger partial charge is 0.402 e. The van der Waals surface area contributed by atoms with Gasteiger partial charge in [-0.05, 0) is 56.2 Å². The van der Waals surface area contributed by atoms with Gasteiger partial charge in [-0.25, -0.2) is 15.0 Å². The van der Waals surface area contributed by atoms with E-state index in [1.807, 2.05) is 6.07 Å². The lowest BCUT2D eigenvalue weighted by Gasteiger charge is -2.43. The Morgan fingerprint density at radius 2 is 2.00 bits per heavy atom. The molecule has 188 valence electrons. The number of likely N-dealkylation sites (tertiary alicyclic amines) is 1. The van der Waals surface area contributed by atoms with Crippen LogP contribution in [-0.2, 0) is 5.41 Å². The Balaban J connectivity index is 1.44. The number of hydrogen-bond acceptors (Lipinski definition) is 8. The maximum atomic E-state index is 13.0. The molecule has 8 nitrogen and oxygen atoms in total. The monoisotopic (exact) mass is 490 g/mol. The maximum Gasteiger partial charge on any atom is 0.573 e. The van der Waals surface area contributed by atoms with Crippen molar-refractivity contribution in [1.29, 1.82) is 0 Å². The first-order valence-corrected chi connectivity index (χ1v) is 12.0. The van der Waals surface area contributed by atoms with Gasteiger partial charge in [0.25, 0.3) is 0 Å². The van der Waals surface area contributed by atoms with Crippen LogP contribution in [0.5, 0.6) is 5.75 Å². The van der Waals surface area contributed by atoms with Gasteiger partial charge in [0.2, 0.25) is 0 Å². The molecule has 35 heavy (non-hydrogen) atoms. The minimum Gasteiger partial charge on any atom is -0.402 e. The Kier molecular flexibility index (Phi) is 4.92. The van der Waals surface area contributed by atoms with E-state index < -0.39 is 23.1 Å². The summed E-state index contributed by atoms with van der Waals surface area (Å²) in [5, 5.41) is 10.7. The second-order valence-electron chi connectivity index (χ2n) is 11.1. The molecule has 0 radical (unpaired) electrons. The van der Waals surface area contributed by atoms with Crippen molar-refractivity contribution in [1.82, 2.24) is 24.8 Å². The summed E-state index contributed by atoms with van der Waals surface area (Å²) in [6.45, 7) is 5.77. The molecule has 0 spiro atoms. The summed E-state index contributed by atoms with van der Waals surface area (Å²) in [5.74, 6) is -0.124. The number of rotatable bonds is 6. The lowest BCUT2D eigenvalue weighted by Crippen LogP contribution is -2.56. The molecule has 2 aromatic rings. The van der Waals surface area contributed by atoms with Crippen LogP contribution < -0.4 is 10.5 Å². The van der Waals surface area contributed by atoms with Gasteiger partial charge in [-0.1, -0.05) is 0 Å². The second kappa shape index (κ2) is 7.50. The molecule has 11 heteroatoms. The molecule has 3 aliphatic heterocycles. The highest BCUT2D eigenvalue weighted by Gasteiger charge is 2.77. The van der Waals surface area contributed by atoms with E-state index in [1.54, 1.807) is 26.2 Å². The Bertz CT molecular complexity index is 1120. The van der Waals surface area contributed by atoms with Crippen LogP contribution in [0.4, 0.5) is 19.0 Å². The number of fused-ring (bicyclic) bond motifs is 2. The van der Waals surface area contributed by atoms with Crippen molar-refractivity contribution in [2.24, 2.45) is 11.8 Å². The van der Waals surface area contributed by atoms with Crippen LogP contribution in [0, 0.1) is 11.8 Å². The van der Waals surface area contributed by atoms with Gasteiger partial charge in [0.05, 0.1) is 22.9 Å². The summed E-state index contributed by atoms with van der Waals surface area (Å²) < 4.78 is 43.2. The number of pyridine rings is 1. The van der Waals surface area contributed by atoms with Gasteiger partial charge in [-0.3, -0.25) is 9.80 Å². The lowest BCUT2D eigenvalue weighted by molar-refractivity contribution is -0.274. The van der Waals surface area contributed by atoms with Crippen molar-refractivity contribution in [2.45, 2.75) is 62.2 Å². The number of nitrogens with two attached hydrogens (primary N) is 1. The van der Waals surface area contributed by atoms with Gasteiger partial charge in [0, 0.05) is 44.0 Å². The molecule has 7 rings (SSSR count). The topological polar surface area (TPSA) is 101 Å². The summed E-state index contributed by atoms with van der Waals surface area (Å²) in [7, 11) is 0. The van der Waals surface area contributed by atoms with E-state index in [9.17, 15) is 18.3 Å². The molecule has 2 saturated carbocycles. The third kappa shape index (κ3) is 3.66. The first-order valence-electron chi connectivity index (χ1n) is 12.0. The summed E-state index contributed by atoms with van der Waals surface area (Å²) in [6.07, 6.45) is 2.22. The number of alkyl halides is 3. The highest BCUT2D eigenvalue weighted by atomic mass is 19.4. The fraction of sp³-hybridized carbons (Fsp3) is 0.625. The van der Waals surface area contributed by atoms with Crippen molar-refractivity contribution >= 4 is 5.82 Å². The maximum absolute atomic E-state index is 13.0. The molecule has 2 aromatic heterocycles. The molecule has 5 heterocycles. The van der Waals surface area contributed by atoms with E-state index in [0.29, 0.717) is 30.6 Å². The highest BCUT2D eigenvalue weighted by molar-refractivity contribution is 5.54. The Hall–Kier alpha value is -2.50. The Morgan fingerprint density at radius 3 is 2.60 bits per heavy atom. The van der Waals surface area contributed by atoms with Gasteiger partial charge in [-0.15, -0.1) is 13.2 Å². The minimum atomic E-state index is -4.86. The van der Waals surface area contributed by atoms with E-state index in [4.69, 9.17) is 5.73 Å². The normalized spacial score (nSPS) is 34.5. The molecule has 4 atom stereocenters. The summed E-state index contributed by atoms with van der Waals surface area (Å²) >= 11 is 0. The van der Waals surface area contributed by atoms with Crippen molar-refractivity contribution in [3.63, 3.8) is 0 Å². The SMILES string of the molecule is CC(C)(O)CN1C[C@H]2C(c3cnc(N)c(OC(F)(F)F)c3)[C@]2(c2ccncn2)C1N1CC2CC1C2. The molecule has 2 unspecified atom stereocenters. The zero-order valence-corrected chi connectivity index (χ0v) is 19.6. The number of nitrogens with zero attached hydrogens (tertiary/aromatic N) is 5. The van der Waals surface area contributed by atoms with Crippen molar-refractivity contribution in [3.8, 4) is 5.75 Å². The number of anilines is 1. The summed E-state index contributed by atoms with van der Waals surface area (Å²) in [4.78, 5) is 17.7. The molecule has 5 aliphatic rings. The van der Waals surface area contributed by atoms with Crippen LogP contribution in [0.15, 0.2) is 30.9 Å². The molecular formula is C24H29F3N6O2. The van der Waals surface area contributed by atoms with Gasteiger partial charge >= 0.3 is 6.36 Å². The average molecular weight is 491 g/mol. The van der Waals surface area contributed by atoms with E-state index in [2.05, 4.69) is 29.5 Å². The fourth-order valence-electron chi connectivity index (χ4n) is 7.13. The predicted octanol–water partition coefficient (Wildman–Crippen LogP) is 2.51. The van der Waals surface area contributed by atoms with E-state index >= 15 is 0 Å². The quantitative estimate of drug-likeness (QED) is 0.637. The molecule has 0 amide bonds. The van der Waals surface area contributed by atoms with Gasteiger partial charge in [-0.2, -0.15) is 0 Å². The van der Waals surface area contributed by atoms with Crippen molar-refractivity contribution in [2.75, 3.05) is 25.4 Å². The zero-order chi connectivity index (χ0) is 24.8. The molecule has 3 N–H and O–H groups in total. The van der Waals surface area contributed by atoms with Crippen LogP contribution in [0.3, 0.4) is 0 Å². The largest absolute Gasteiger partial charge is 0.573 e. The van der Waals surface area contributed by atoms with Gasteiger partial charge < -0.3 is 15.6 Å². The van der Waals surface area contributed by atoms with Crippen molar-refractivity contribution < 1.29 is 23.0 Å². The minimum absolute atomic E-state index is 0.0409. The van der Waals surface area contributed by atoms with Crippen LogP contribution >= 0.6 is 0 Å². The van der Waals surface area contributed by atoms with Crippen LogP contribution in [-0.4, -0.2) is 73.7 Å². The Labute approximate surface area is 201 Å². The average Bonchev–Trinajstić information content (AvgIpc) is 3.05. The first kappa shape index (κ1) is 22.9. The fourth-order valence-corrected chi connectivity index (χ4v) is 7.13. The molecular weight excluding hydrogens is 461 g/mol. The third-order valence-electron chi connectivity index (χ3n) is 8.19. The lowest BCUT2D eigenvalue weighted by atomic mass is 9.85. The highest BCUT2D eigenvalue weighted by Crippen LogP contribution is 2.73. The van der Waals surface area contributed by atoms with Crippen LogP contribution in [0.25, 0.3) is 0 Å². The number of halogens is 3. The molecule has 5 fully saturated rings. The number of ether oxygens (including phenoxy) is 1. The van der Waals surface area contributed by atoms with Crippen molar-refractivity contribution in [3.05, 3.63) is 42.1 Å². The summed E-state index contributed by atoms with van der Waals surface area (Å²) in [6, 6.07) is 3.76. The number of aromatic nitrogens is 3. The van der Waals surface area contributed by atoms with Crippen LogP contribution in [0.2, 0.25) is 0 Å². The molecule has 2 aliphatic carbocycles. The van der Waals surface area contributed by atoms with E-state index in [0.717, 1.165) is 25.1 Å². The molecule has 0 aromatic carbocycles. The number of piperidine rings is 1. The zero-order valence-electron chi connectivity index (χ0n) is 19.6. The van der Waals surface area contributed by atoms with Gasteiger partial charge in [0.15, 0.2) is 11.6 Å². The van der Waals surface area contributed by atoms with Crippen LogP contribution in [0.1, 0.15) is 43.9 Å².